The highest BCUT2D eigenvalue weighted by Gasteiger charge is 2.08. The van der Waals surface area contributed by atoms with Crippen LogP contribution in [0, 0.1) is 12.3 Å². The highest BCUT2D eigenvalue weighted by molar-refractivity contribution is 5.67. The summed E-state index contributed by atoms with van der Waals surface area (Å²) in [5, 5.41) is 0. The Labute approximate surface area is 96.0 Å². The molecule has 3 heteroatoms. The topological polar surface area (TPSA) is 29.5 Å². The van der Waals surface area contributed by atoms with Crippen molar-refractivity contribution in [2.24, 2.45) is 0 Å². The summed E-state index contributed by atoms with van der Waals surface area (Å²) in [5.74, 6) is 2.48. The molecule has 0 radical (unpaired) electrons. The van der Waals surface area contributed by atoms with Gasteiger partial charge in [0.1, 0.15) is 6.61 Å². The zero-order valence-corrected chi connectivity index (χ0v) is 9.35. The Bertz CT molecular complexity index is 367. The van der Waals surface area contributed by atoms with E-state index in [4.69, 9.17) is 11.2 Å². The maximum absolute atomic E-state index is 11.5. The third-order valence-corrected chi connectivity index (χ3v) is 2.11. The van der Waals surface area contributed by atoms with Gasteiger partial charge in [0.15, 0.2) is 0 Å². The SMILES string of the molecule is C#CCCN(C)C(=O)OCc1ccccc1. The second kappa shape index (κ2) is 6.52. The first-order valence-electron chi connectivity index (χ1n) is 5.09. The fraction of sp³-hybridized carbons (Fsp3) is 0.308. The van der Waals surface area contributed by atoms with E-state index in [1.807, 2.05) is 30.3 Å². The van der Waals surface area contributed by atoms with Crippen molar-refractivity contribution in [1.82, 2.24) is 4.90 Å². The van der Waals surface area contributed by atoms with Crippen LogP contribution < -0.4 is 0 Å². The van der Waals surface area contributed by atoms with Gasteiger partial charge in [-0.3, -0.25) is 0 Å². The van der Waals surface area contributed by atoms with Crippen LogP contribution in [0.2, 0.25) is 0 Å². The monoisotopic (exact) mass is 217 g/mol. The van der Waals surface area contributed by atoms with Gasteiger partial charge in [-0.2, -0.15) is 0 Å². The Hall–Kier alpha value is -1.95. The van der Waals surface area contributed by atoms with Crippen LogP contribution in [0.1, 0.15) is 12.0 Å². The van der Waals surface area contributed by atoms with Gasteiger partial charge >= 0.3 is 6.09 Å². The van der Waals surface area contributed by atoms with E-state index in [9.17, 15) is 4.79 Å². The molecule has 0 N–H and O–H groups in total. The molecule has 0 heterocycles. The summed E-state index contributed by atoms with van der Waals surface area (Å²) < 4.78 is 5.11. The Morgan fingerprint density at radius 3 is 2.75 bits per heavy atom. The second-order valence-electron chi connectivity index (χ2n) is 3.42. The average molecular weight is 217 g/mol. The molecule has 1 rings (SSSR count). The van der Waals surface area contributed by atoms with Crippen molar-refractivity contribution in [3.63, 3.8) is 0 Å². The van der Waals surface area contributed by atoms with Crippen molar-refractivity contribution >= 4 is 6.09 Å². The quantitative estimate of drug-likeness (QED) is 0.724. The van der Waals surface area contributed by atoms with Gasteiger partial charge in [-0.1, -0.05) is 30.3 Å². The van der Waals surface area contributed by atoms with Gasteiger partial charge in [-0.15, -0.1) is 12.3 Å². The van der Waals surface area contributed by atoms with Crippen LogP contribution in [0.5, 0.6) is 0 Å². The maximum atomic E-state index is 11.5. The first-order chi connectivity index (χ1) is 7.74. The lowest BCUT2D eigenvalue weighted by atomic mass is 10.2. The molecule has 0 unspecified atom stereocenters. The van der Waals surface area contributed by atoms with Gasteiger partial charge in [0.2, 0.25) is 0 Å². The van der Waals surface area contributed by atoms with E-state index in [1.165, 1.54) is 4.90 Å². The first-order valence-corrected chi connectivity index (χ1v) is 5.09. The molecule has 3 nitrogen and oxygen atoms in total. The number of carbonyl (C=O) groups excluding carboxylic acids is 1. The van der Waals surface area contributed by atoms with Crippen molar-refractivity contribution in [2.45, 2.75) is 13.0 Å². The second-order valence-corrected chi connectivity index (χ2v) is 3.42. The number of hydrogen-bond donors (Lipinski definition) is 0. The summed E-state index contributed by atoms with van der Waals surface area (Å²) in [5.41, 5.74) is 0.973. The van der Waals surface area contributed by atoms with Crippen molar-refractivity contribution in [1.29, 1.82) is 0 Å². The molecule has 1 aromatic rings. The van der Waals surface area contributed by atoms with Crippen LogP contribution in [0.25, 0.3) is 0 Å². The molecule has 0 aliphatic carbocycles. The molecule has 0 aliphatic rings. The lowest BCUT2D eigenvalue weighted by molar-refractivity contribution is 0.105. The van der Waals surface area contributed by atoms with E-state index in [1.54, 1.807) is 7.05 Å². The van der Waals surface area contributed by atoms with E-state index in [-0.39, 0.29) is 6.09 Å². The summed E-state index contributed by atoms with van der Waals surface area (Å²) >= 11 is 0. The van der Waals surface area contributed by atoms with Crippen LogP contribution >= 0.6 is 0 Å². The molecule has 0 bridgehead atoms. The number of terminal acetylenes is 1. The van der Waals surface area contributed by atoms with Gasteiger partial charge in [0.25, 0.3) is 0 Å². The van der Waals surface area contributed by atoms with E-state index >= 15 is 0 Å². The van der Waals surface area contributed by atoms with Crippen molar-refractivity contribution in [3.8, 4) is 12.3 Å². The fourth-order valence-electron chi connectivity index (χ4n) is 1.15. The molecule has 1 amide bonds. The fourth-order valence-corrected chi connectivity index (χ4v) is 1.15. The van der Waals surface area contributed by atoms with E-state index in [0.717, 1.165) is 5.56 Å². The molecule has 0 saturated heterocycles. The number of ether oxygens (including phenoxy) is 1. The van der Waals surface area contributed by atoms with E-state index in [2.05, 4.69) is 5.92 Å². The van der Waals surface area contributed by atoms with Crippen LogP contribution in [-0.2, 0) is 11.3 Å². The molecule has 0 fully saturated rings. The first kappa shape index (κ1) is 12.1. The molecule has 0 spiro atoms. The number of amides is 1. The minimum Gasteiger partial charge on any atom is -0.445 e. The number of nitrogens with zero attached hydrogens (tertiary/aromatic N) is 1. The lowest BCUT2D eigenvalue weighted by Crippen LogP contribution is -2.28. The van der Waals surface area contributed by atoms with Gasteiger partial charge in [0.05, 0.1) is 0 Å². The summed E-state index contributed by atoms with van der Waals surface area (Å²) in [6.07, 6.45) is 5.30. The molecule has 16 heavy (non-hydrogen) atoms. The third kappa shape index (κ3) is 4.05. The van der Waals surface area contributed by atoms with Gasteiger partial charge in [-0.25, -0.2) is 4.79 Å². The smallest absolute Gasteiger partial charge is 0.409 e. The van der Waals surface area contributed by atoms with Gasteiger partial charge in [0, 0.05) is 20.0 Å². The Morgan fingerprint density at radius 2 is 2.12 bits per heavy atom. The van der Waals surface area contributed by atoms with Crippen LogP contribution in [0.15, 0.2) is 30.3 Å². The maximum Gasteiger partial charge on any atom is 0.409 e. The Kier molecular flexibility index (Phi) is 4.94. The van der Waals surface area contributed by atoms with Gasteiger partial charge in [-0.05, 0) is 5.56 Å². The molecule has 0 aromatic heterocycles. The van der Waals surface area contributed by atoms with Crippen LogP contribution in [0.3, 0.4) is 0 Å². The predicted octanol–water partition coefficient (Wildman–Crippen LogP) is 2.28. The van der Waals surface area contributed by atoms with Crippen LogP contribution in [-0.4, -0.2) is 24.6 Å². The minimum absolute atomic E-state index is 0.292. The van der Waals surface area contributed by atoms with E-state index in [0.29, 0.717) is 19.6 Å². The summed E-state index contributed by atoms with van der Waals surface area (Å²) in [6.45, 7) is 0.810. The normalized spacial score (nSPS) is 9.25. The van der Waals surface area contributed by atoms with Crippen molar-refractivity contribution < 1.29 is 9.53 Å². The minimum atomic E-state index is -0.348. The molecule has 1 aromatic carbocycles. The zero-order chi connectivity index (χ0) is 11.8. The Balaban J connectivity index is 2.33. The number of carbonyl (C=O) groups is 1. The number of benzene rings is 1. The molecule has 0 saturated carbocycles. The largest absolute Gasteiger partial charge is 0.445 e. The standard InChI is InChI=1S/C13H15NO2/c1-3-4-10-14(2)13(15)16-11-12-8-6-5-7-9-12/h1,5-9H,4,10-11H2,2H3. The molecule has 84 valence electrons. The third-order valence-electron chi connectivity index (χ3n) is 2.11. The average Bonchev–Trinajstić information content (AvgIpc) is 2.34. The summed E-state index contributed by atoms with van der Waals surface area (Å²) in [7, 11) is 1.67. The number of hydrogen-bond acceptors (Lipinski definition) is 2. The molecule has 0 atom stereocenters. The zero-order valence-electron chi connectivity index (χ0n) is 9.35. The van der Waals surface area contributed by atoms with Crippen molar-refractivity contribution in [2.75, 3.05) is 13.6 Å². The molecular weight excluding hydrogens is 202 g/mol. The van der Waals surface area contributed by atoms with Gasteiger partial charge < -0.3 is 9.64 Å². The van der Waals surface area contributed by atoms with Crippen molar-refractivity contribution in [3.05, 3.63) is 35.9 Å². The van der Waals surface area contributed by atoms with E-state index < -0.39 is 0 Å². The molecular formula is C13H15NO2. The Morgan fingerprint density at radius 1 is 1.44 bits per heavy atom. The molecule has 0 aliphatic heterocycles. The summed E-state index contributed by atoms with van der Waals surface area (Å²) in [6, 6.07) is 9.56. The summed E-state index contributed by atoms with van der Waals surface area (Å²) in [4.78, 5) is 12.9. The highest BCUT2D eigenvalue weighted by Crippen LogP contribution is 2.02. The van der Waals surface area contributed by atoms with Crippen LogP contribution in [0.4, 0.5) is 4.79 Å². The highest BCUT2D eigenvalue weighted by atomic mass is 16.6. The predicted molar refractivity (Wildman–Crippen MR) is 62.7 cm³/mol. The lowest BCUT2D eigenvalue weighted by Gasteiger charge is -2.15. The number of rotatable bonds is 4.